The van der Waals surface area contributed by atoms with Crippen LogP contribution in [0.3, 0.4) is 0 Å². The number of aromatic carboxylic acids is 2. The van der Waals surface area contributed by atoms with Crippen LogP contribution in [0.1, 0.15) is 27.6 Å². The molecule has 0 unspecified atom stereocenters. The molecule has 11 heteroatoms. The summed E-state index contributed by atoms with van der Waals surface area (Å²) in [7, 11) is 0. The molecule has 2 aromatic rings. The number of carbonyl (C=O) groups excluding carboxylic acids is 1. The van der Waals surface area contributed by atoms with E-state index in [0.717, 1.165) is 18.2 Å². The molecule has 0 saturated carbocycles. The van der Waals surface area contributed by atoms with Gasteiger partial charge in [0.1, 0.15) is 0 Å². The van der Waals surface area contributed by atoms with E-state index in [1.807, 2.05) is 0 Å². The van der Waals surface area contributed by atoms with Crippen LogP contribution in [0.4, 0.5) is 11.4 Å². The summed E-state index contributed by atoms with van der Waals surface area (Å²) >= 11 is 7.80. The highest BCUT2D eigenvalue weighted by molar-refractivity contribution is 7.80. The predicted octanol–water partition coefficient (Wildman–Crippen LogP) is 3.21. The van der Waals surface area contributed by atoms with E-state index in [4.69, 9.17) is 10.2 Å². The second-order valence-corrected chi connectivity index (χ2v) is 5.95. The molecule has 27 heavy (non-hydrogen) atoms. The van der Waals surface area contributed by atoms with Crippen LogP contribution in [-0.2, 0) is 4.79 Å². The third-order valence-corrected chi connectivity index (χ3v) is 3.73. The van der Waals surface area contributed by atoms with E-state index in [9.17, 15) is 24.5 Å². The van der Waals surface area contributed by atoms with Gasteiger partial charge in [-0.25, -0.2) is 9.59 Å². The van der Waals surface area contributed by atoms with Crippen LogP contribution < -0.4 is 5.32 Å². The molecule has 0 aliphatic rings. The van der Waals surface area contributed by atoms with Gasteiger partial charge in [0, 0.05) is 34.5 Å². The van der Waals surface area contributed by atoms with Gasteiger partial charge in [-0.1, -0.05) is 0 Å². The molecule has 2 rings (SSSR count). The van der Waals surface area contributed by atoms with E-state index in [2.05, 4.69) is 30.6 Å². The molecule has 0 heterocycles. The van der Waals surface area contributed by atoms with Crippen LogP contribution in [0.15, 0.2) is 46.2 Å². The monoisotopic (exact) mass is 410 g/mol. The maximum absolute atomic E-state index is 10.7. The van der Waals surface area contributed by atoms with Crippen LogP contribution in [-0.4, -0.2) is 33.0 Å². The molecule has 0 bridgehead atoms. The van der Waals surface area contributed by atoms with Gasteiger partial charge in [-0.2, -0.15) is 0 Å². The van der Waals surface area contributed by atoms with Crippen molar-refractivity contribution in [3.8, 4) is 0 Å². The Morgan fingerprint density at radius 3 is 2.00 bits per heavy atom. The molecule has 0 aliphatic heterocycles. The molecule has 1 amide bonds. The maximum atomic E-state index is 10.7. The number of anilines is 1. The molecule has 2 aromatic carbocycles. The zero-order valence-corrected chi connectivity index (χ0v) is 15.5. The molecular weight excluding hydrogens is 396 g/mol. The molecule has 3 N–H and O–H groups in total. The largest absolute Gasteiger partial charge is 0.478 e. The number of nitro groups is 1. The molecule has 0 saturated heterocycles. The van der Waals surface area contributed by atoms with Crippen molar-refractivity contribution in [3.05, 3.63) is 57.6 Å². The Kier molecular flexibility index (Phi) is 7.81. The van der Waals surface area contributed by atoms with Crippen molar-refractivity contribution in [1.82, 2.24) is 0 Å². The van der Waals surface area contributed by atoms with E-state index in [1.165, 1.54) is 19.1 Å². The lowest BCUT2D eigenvalue weighted by Gasteiger charge is -2.04. The molecule has 0 radical (unpaired) electrons. The Bertz CT molecular complexity index is 916. The summed E-state index contributed by atoms with van der Waals surface area (Å²) in [6.07, 6.45) is 0. The number of carbonyl (C=O) groups is 3. The molecule has 0 spiro atoms. The quantitative estimate of drug-likeness (QED) is 0.295. The number of nitrogens with one attached hydrogen (secondary N) is 1. The highest BCUT2D eigenvalue weighted by Gasteiger charge is 2.12. The minimum atomic E-state index is -1.15. The number of carboxylic acid groups (broad SMARTS) is 2. The number of hydrogen-bond acceptors (Lipinski definition) is 7. The number of nitrogens with zero attached hydrogens (tertiary/aromatic N) is 1. The zero-order valence-electron chi connectivity index (χ0n) is 13.7. The number of thiol groups is 2. The number of carboxylic acids is 2. The molecular formula is C16H14N2O7S2. The molecule has 0 aliphatic carbocycles. The van der Waals surface area contributed by atoms with E-state index in [-0.39, 0.29) is 27.6 Å². The Labute approximate surface area is 164 Å². The maximum Gasteiger partial charge on any atom is 0.336 e. The Balaban J connectivity index is 0.000000271. The number of rotatable bonds is 4. The first-order valence-corrected chi connectivity index (χ1v) is 7.97. The fourth-order valence-electron chi connectivity index (χ4n) is 1.80. The van der Waals surface area contributed by atoms with Crippen LogP contribution in [0, 0.1) is 10.1 Å². The topological polar surface area (TPSA) is 147 Å². The van der Waals surface area contributed by atoms with Gasteiger partial charge >= 0.3 is 11.9 Å². The summed E-state index contributed by atoms with van der Waals surface area (Å²) in [6.45, 7) is 1.36. The van der Waals surface area contributed by atoms with Gasteiger partial charge in [0.15, 0.2) is 0 Å². The number of amides is 1. The lowest BCUT2D eigenvalue weighted by atomic mass is 10.2. The van der Waals surface area contributed by atoms with Crippen molar-refractivity contribution in [2.24, 2.45) is 0 Å². The highest BCUT2D eigenvalue weighted by Crippen LogP contribution is 2.21. The van der Waals surface area contributed by atoms with E-state index < -0.39 is 16.9 Å². The van der Waals surface area contributed by atoms with E-state index in [0.29, 0.717) is 10.6 Å². The number of benzene rings is 2. The predicted molar refractivity (Wildman–Crippen MR) is 102 cm³/mol. The molecule has 0 fully saturated rings. The first-order chi connectivity index (χ1) is 12.5. The van der Waals surface area contributed by atoms with E-state index >= 15 is 0 Å². The zero-order chi connectivity index (χ0) is 20.7. The third-order valence-electron chi connectivity index (χ3n) is 2.97. The summed E-state index contributed by atoms with van der Waals surface area (Å²) < 4.78 is 0. The fraction of sp³-hybridized carbons (Fsp3) is 0.0625. The first-order valence-electron chi connectivity index (χ1n) is 7.07. The standard InChI is InChI=1S/C9H9NO3S.C7H5NO4S/c1-5(11)10-6-2-3-8(14)7(4-6)9(12)13;9-7(10)5-2-1-4(8(11)12)3-6(5)13/h2-4,14H,1H3,(H,10,11)(H,12,13);1-3,13H,(H,9,10). The highest BCUT2D eigenvalue weighted by atomic mass is 32.1. The van der Waals surface area contributed by atoms with Crippen LogP contribution >= 0.6 is 25.3 Å². The van der Waals surface area contributed by atoms with E-state index in [1.54, 1.807) is 6.07 Å². The third kappa shape index (κ3) is 6.64. The molecule has 0 atom stereocenters. The Morgan fingerprint density at radius 2 is 1.56 bits per heavy atom. The minimum absolute atomic E-state index is 0.0473. The SMILES string of the molecule is CC(=O)Nc1ccc(S)c(C(=O)O)c1.O=C(O)c1ccc([N+](=O)[O-])cc1S. The average Bonchev–Trinajstić information content (AvgIpc) is 2.56. The summed E-state index contributed by atoms with van der Waals surface area (Å²) in [4.78, 5) is 42.0. The summed E-state index contributed by atoms with van der Waals surface area (Å²) in [5, 5.41) is 30.1. The van der Waals surface area contributed by atoms with Crippen molar-refractivity contribution in [2.45, 2.75) is 16.7 Å². The lowest BCUT2D eigenvalue weighted by molar-refractivity contribution is -0.385. The van der Waals surface area contributed by atoms with Crippen molar-refractivity contribution < 1.29 is 29.5 Å². The van der Waals surface area contributed by atoms with Crippen molar-refractivity contribution in [2.75, 3.05) is 5.32 Å². The number of non-ortho nitro benzene ring substituents is 1. The second kappa shape index (κ2) is 9.59. The normalized spacial score (nSPS) is 9.59. The molecule has 142 valence electrons. The Hall–Kier alpha value is -3.05. The minimum Gasteiger partial charge on any atom is -0.478 e. The van der Waals surface area contributed by atoms with Gasteiger partial charge in [0.25, 0.3) is 5.69 Å². The van der Waals surface area contributed by atoms with Gasteiger partial charge in [-0.3, -0.25) is 14.9 Å². The summed E-state index contributed by atoms with van der Waals surface area (Å²) in [5.74, 6) is -2.46. The second-order valence-electron chi connectivity index (χ2n) is 4.98. The van der Waals surface area contributed by atoms with Gasteiger partial charge in [0.2, 0.25) is 5.91 Å². The fourth-order valence-corrected chi connectivity index (χ4v) is 2.34. The molecule has 9 nitrogen and oxygen atoms in total. The van der Waals surface area contributed by atoms with Crippen molar-refractivity contribution in [3.63, 3.8) is 0 Å². The number of nitro benzene ring substituents is 1. The van der Waals surface area contributed by atoms with Gasteiger partial charge in [-0.05, 0) is 24.3 Å². The van der Waals surface area contributed by atoms with Crippen molar-refractivity contribution >= 4 is 54.5 Å². The first kappa shape index (κ1) is 22.0. The van der Waals surface area contributed by atoms with Crippen LogP contribution in [0.25, 0.3) is 0 Å². The van der Waals surface area contributed by atoms with Crippen LogP contribution in [0.5, 0.6) is 0 Å². The summed E-state index contributed by atoms with van der Waals surface area (Å²) in [5.41, 5.74) is 0.302. The smallest absolute Gasteiger partial charge is 0.336 e. The van der Waals surface area contributed by atoms with Gasteiger partial charge in [0.05, 0.1) is 16.1 Å². The van der Waals surface area contributed by atoms with Crippen molar-refractivity contribution in [1.29, 1.82) is 0 Å². The molecule has 0 aromatic heterocycles. The lowest BCUT2D eigenvalue weighted by Crippen LogP contribution is -2.07. The average molecular weight is 410 g/mol. The van der Waals surface area contributed by atoms with Gasteiger partial charge in [-0.15, -0.1) is 25.3 Å². The Morgan fingerprint density at radius 1 is 0.963 bits per heavy atom. The van der Waals surface area contributed by atoms with Gasteiger partial charge < -0.3 is 15.5 Å². The summed E-state index contributed by atoms with van der Waals surface area (Å²) in [6, 6.07) is 7.87. The number of hydrogen-bond donors (Lipinski definition) is 5. The van der Waals surface area contributed by atoms with Crippen LogP contribution in [0.2, 0.25) is 0 Å².